The molecule has 7 nitrogen and oxygen atoms in total. The predicted octanol–water partition coefficient (Wildman–Crippen LogP) is 2.03. The summed E-state index contributed by atoms with van der Waals surface area (Å²) in [6, 6.07) is 0. The minimum atomic E-state index is -4.57. The molecule has 140 valence electrons. The van der Waals surface area contributed by atoms with Crippen molar-refractivity contribution in [2.75, 3.05) is 13.2 Å². The Morgan fingerprint density at radius 2 is 1.80 bits per heavy atom. The molecule has 1 heterocycles. The summed E-state index contributed by atoms with van der Waals surface area (Å²) in [6.07, 6.45) is -6.01. The first-order valence-electron chi connectivity index (χ1n) is 7.39. The summed E-state index contributed by atoms with van der Waals surface area (Å²) in [5.41, 5.74) is 0.736. The van der Waals surface area contributed by atoms with Crippen molar-refractivity contribution in [2.45, 2.75) is 40.0 Å². The lowest BCUT2D eigenvalue weighted by Crippen LogP contribution is -2.40. The van der Waals surface area contributed by atoms with Crippen molar-refractivity contribution in [3.8, 4) is 0 Å². The minimum Gasteiger partial charge on any atom is -0.462 e. The van der Waals surface area contributed by atoms with Crippen LogP contribution in [0.25, 0.3) is 0 Å². The van der Waals surface area contributed by atoms with Crippen molar-refractivity contribution < 1.29 is 37.0 Å². The Morgan fingerprint density at radius 3 is 2.32 bits per heavy atom. The summed E-state index contributed by atoms with van der Waals surface area (Å²) in [7, 11) is 0. The average molecular weight is 364 g/mol. The van der Waals surface area contributed by atoms with Gasteiger partial charge in [-0.2, -0.15) is 13.2 Å². The number of alkyl halides is 3. The summed E-state index contributed by atoms with van der Waals surface area (Å²) in [4.78, 5) is 38.2. The molecule has 0 bridgehead atoms. The number of amides is 1. The summed E-state index contributed by atoms with van der Waals surface area (Å²) < 4.78 is 46.0. The van der Waals surface area contributed by atoms with Gasteiger partial charge in [0.2, 0.25) is 0 Å². The summed E-state index contributed by atoms with van der Waals surface area (Å²) in [5.74, 6) is -2.67. The fourth-order valence-corrected chi connectivity index (χ4v) is 2.07. The molecule has 1 aromatic heterocycles. The van der Waals surface area contributed by atoms with E-state index in [0.717, 1.165) is 6.92 Å². The van der Waals surface area contributed by atoms with E-state index in [0.29, 0.717) is 5.69 Å². The van der Waals surface area contributed by atoms with Crippen molar-refractivity contribution in [1.82, 2.24) is 10.3 Å². The van der Waals surface area contributed by atoms with Gasteiger partial charge < -0.3 is 19.8 Å². The third-order valence-electron chi connectivity index (χ3n) is 3.24. The SMILES string of the molecule is CCOC(=O)c1c(C)[nH]c(C(=O)O[C@H](C)C(=O)NCC(F)(F)F)c1C. The molecule has 0 aliphatic rings. The maximum atomic E-state index is 12.1. The topological polar surface area (TPSA) is 97.5 Å². The van der Waals surface area contributed by atoms with Crippen LogP contribution in [0.2, 0.25) is 0 Å². The zero-order chi connectivity index (χ0) is 19.4. The maximum Gasteiger partial charge on any atom is 0.405 e. The summed E-state index contributed by atoms with van der Waals surface area (Å²) in [5, 5.41) is 1.62. The molecule has 0 saturated heterocycles. The highest BCUT2D eigenvalue weighted by Gasteiger charge is 2.30. The van der Waals surface area contributed by atoms with Crippen molar-refractivity contribution in [1.29, 1.82) is 0 Å². The number of halogens is 3. The van der Waals surface area contributed by atoms with Crippen LogP contribution in [-0.4, -0.2) is 48.3 Å². The number of ether oxygens (including phenoxy) is 2. The second kappa shape index (κ2) is 8.04. The van der Waals surface area contributed by atoms with Crippen LogP contribution in [0.15, 0.2) is 0 Å². The fraction of sp³-hybridized carbons (Fsp3) is 0.533. The highest BCUT2D eigenvalue weighted by Crippen LogP contribution is 2.20. The van der Waals surface area contributed by atoms with Gasteiger partial charge in [-0.25, -0.2) is 9.59 Å². The first-order valence-corrected chi connectivity index (χ1v) is 7.39. The van der Waals surface area contributed by atoms with E-state index in [9.17, 15) is 27.6 Å². The Bertz CT molecular complexity index is 667. The van der Waals surface area contributed by atoms with E-state index < -0.39 is 36.7 Å². The molecule has 0 fully saturated rings. The predicted molar refractivity (Wildman–Crippen MR) is 80.2 cm³/mol. The zero-order valence-corrected chi connectivity index (χ0v) is 14.2. The van der Waals surface area contributed by atoms with E-state index in [-0.39, 0.29) is 23.4 Å². The normalized spacial score (nSPS) is 12.4. The lowest BCUT2D eigenvalue weighted by atomic mass is 10.1. The van der Waals surface area contributed by atoms with Crippen molar-refractivity contribution in [2.24, 2.45) is 0 Å². The Balaban J connectivity index is 2.82. The Hall–Kier alpha value is -2.52. The number of hydrogen-bond donors (Lipinski definition) is 2. The van der Waals surface area contributed by atoms with Gasteiger partial charge in [-0.1, -0.05) is 0 Å². The molecular weight excluding hydrogens is 345 g/mol. The summed E-state index contributed by atoms with van der Waals surface area (Å²) in [6.45, 7) is 4.43. The largest absolute Gasteiger partial charge is 0.462 e. The monoisotopic (exact) mass is 364 g/mol. The molecule has 1 rings (SSSR count). The first kappa shape index (κ1) is 20.5. The van der Waals surface area contributed by atoms with Gasteiger partial charge in [0.15, 0.2) is 6.10 Å². The maximum absolute atomic E-state index is 12.1. The molecular formula is C15H19F3N2O5. The van der Waals surface area contributed by atoms with Crippen LogP contribution in [0.3, 0.4) is 0 Å². The van der Waals surface area contributed by atoms with Crippen molar-refractivity contribution in [3.63, 3.8) is 0 Å². The van der Waals surface area contributed by atoms with Crippen LogP contribution in [0.5, 0.6) is 0 Å². The molecule has 1 aromatic rings. The molecule has 0 unspecified atom stereocenters. The standard InChI is InChI=1S/C15H19F3N2O5/c1-5-24-13(22)10-7(2)11(20-8(10)3)14(23)25-9(4)12(21)19-6-15(16,17)18/h9,20H,5-6H2,1-4H3,(H,19,21)/t9-/m1/s1. The lowest BCUT2D eigenvalue weighted by Gasteiger charge is -2.14. The number of rotatable bonds is 6. The quantitative estimate of drug-likeness (QED) is 0.753. The van der Waals surface area contributed by atoms with Gasteiger partial charge in [0, 0.05) is 5.69 Å². The van der Waals surface area contributed by atoms with Gasteiger partial charge >= 0.3 is 18.1 Å². The molecule has 0 radical (unpaired) electrons. The van der Waals surface area contributed by atoms with Gasteiger partial charge in [0.05, 0.1) is 12.2 Å². The number of carbonyl (C=O) groups excluding carboxylic acids is 3. The second-order valence-corrected chi connectivity index (χ2v) is 5.23. The van der Waals surface area contributed by atoms with Crippen molar-refractivity contribution >= 4 is 17.8 Å². The molecule has 0 aromatic carbocycles. The third kappa shape index (κ3) is 5.50. The molecule has 1 atom stereocenters. The van der Waals surface area contributed by atoms with E-state index in [1.54, 1.807) is 19.2 Å². The highest BCUT2D eigenvalue weighted by molar-refractivity contribution is 5.99. The highest BCUT2D eigenvalue weighted by atomic mass is 19.4. The second-order valence-electron chi connectivity index (χ2n) is 5.23. The first-order chi connectivity index (χ1) is 11.5. The summed E-state index contributed by atoms with van der Waals surface area (Å²) >= 11 is 0. The minimum absolute atomic E-state index is 0.0731. The number of nitrogens with one attached hydrogen (secondary N) is 2. The van der Waals surface area contributed by atoms with Crippen LogP contribution >= 0.6 is 0 Å². The number of aryl methyl sites for hydroxylation is 1. The number of esters is 2. The number of H-pyrrole nitrogens is 1. The van der Waals surface area contributed by atoms with Gasteiger partial charge in [-0.15, -0.1) is 0 Å². The van der Waals surface area contributed by atoms with Gasteiger partial charge in [-0.3, -0.25) is 4.79 Å². The van der Waals surface area contributed by atoms with Gasteiger partial charge in [0.1, 0.15) is 12.2 Å². The molecule has 2 N–H and O–H groups in total. The third-order valence-corrected chi connectivity index (χ3v) is 3.24. The van der Waals surface area contributed by atoms with E-state index >= 15 is 0 Å². The number of hydrogen-bond acceptors (Lipinski definition) is 5. The Kier molecular flexibility index (Phi) is 6.60. The molecule has 10 heteroatoms. The van der Waals surface area contributed by atoms with Gasteiger partial charge in [0.25, 0.3) is 5.91 Å². The van der Waals surface area contributed by atoms with Crippen molar-refractivity contribution in [3.05, 3.63) is 22.5 Å². The van der Waals surface area contributed by atoms with E-state index in [4.69, 9.17) is 9.47 Å². The van der Waals surface area contributed by atoms with Crippen LogP contribution in [0, 0.1) is 13.8 Å². The fourth-order valence-electron chi connectivity index (χ4n) is 2.07. The van der Waals surface area contributed by atoms with Gasteiger partial charge in [-0.05, 0) is 33.3 Å². The van der Waals surface area contributed by atoms with Crippen LogP contribution in [0.1, 0.15) is 46.0 Å². The molecule has 0 spiro atoms. The number of carbonyl (C=O) groups is 3. The van der Waals surface area contributed by atoms with E-state index in [2.05, 4.69) is 4.98 Å². The Labute approximate surface area is 141 Å². The van der Waals surface area contributed by atoms with Crippen LogP contribution in [-0.2, 0) is 14.3 Å². The van der Waals surface area contributed by atoms with E-state index in [1.807, 2.05) is 0 Å². The van der Waals surface area contributed by atoms with Crippen LogP contribution in [0.4, 0.5) is 13.2 Å². The van der Waals surface area contributed by atoms with Crippen LogP contribution < -0.4 is 5.32 Å². The average Bonchev–Trinajstić information content (AvgIpc) is 2.79. The smallest absolute Gasteiger partial charge is 0.405 e. The number of aromatic amines is 1. The number of aromatic nitrogens is 1. The Morgan fingerprint density at radius 1 is 1.20 bits per heavy atom. The molecule has 0 aliphatic heterocycles. The van der Waals surface area contributed by atoms with E-state index in [1.165, 1.54) is 6.92 Å². The molecule has 0 aliphatic carbocycles. The molecule has 25 heavy (non-hydrogen) atoms. The lowest BCUT2D eigenvalue weighted by molar-refractivity contribution is -0.143. The molecule has 1 amide bonds. The molecule has 0 saturated carbocycles. The zero-order valence-electron chi connectivity index (χ0n) is 14.2.